The molecule has 1 aromatic heterocycles. The number of thiazole rings is 1. The lowest BCUT2D eigenvalue weighted by atomic mass is 10.2. The summed E-state index contributed by atoms with van der Waals surface area (Å²) in [6.07, 6.45) is 3.12. The fourth-order valence-electron chi connectivity index (χ4n) is 1.08. The number of hydrogen-bond acceptors (Lipinski definition) is 6. The molecule has 0 aliphatic heterocycles. The topological polar surface area (TPSA) is 77.7 Å². The van der Waals surface area contributed by atoms with Gasteiger partial charge in [-0.3, -0.25) is 5.43 Å². The molecule has 0 radical (unpaired) electrons. The van der Waals surface area contributed by atoms with Crippen LogP contribution in [0.15, 0.2) is 34.9 Å². The quantitative estimate of drug-likeness (QED) is 0.561. The van der Waals surface area contributed by atoms with Crippen molar-refractivity contribution >= 4 is 22.7 Å². The minimum absolute atomic E-state index is 0.0162. The molecule has 6 heteroatoms. The summed E-state index contributed by atoms with van der Waals surface area (Å²) >= 11 is 1.43. The van der Waals surface area contributed by atoms with Gasteiger partial charge in [0.25, 0.3) is 0 Å². The molecule has 0 aliphatic rings. The summed E-state index contributed by atoms with van der Waals surface area (Å²) < 4.78 is 0. The van der Waals surface area contributed by atoms with Gasteiger partial charge in [0.1, 0.15) is 11.5 Å². The van der Waals surface area contributed by atoms with Crippen LogP contribution in [-0.4, -0.2) is 21.4 Å². The second kappa shape index (κ2) is 4.63. The maximum Gasteiger partial charge on any atom is 0.203 e. The van der Waals surface area contributed by atoms with Gasteiger partial charge in [0, 0.05) is 23.2 Å². The molecule has 0 saturated carbocycles. The number of rotatable bonds is 3. The first-order chi connectivity index (χ1) is 7.75. The van der Waals surface area contributed by atoms with Gasteiger partial charge in [-0.05, 0) is 12.1 Å². The lowest BCUT2D eigenvalue weighted by molar-refractivity contribution is 0.450. The maximum absolute atomic E-state index is 9.46. The number of nitrogens with zero attached hydrogens (tertiary/aromatic N) is 2. The van der Waals surface area contributed by atoms with E-state index in [0.29, 0.717) is 10.7 Å². The van der Waals surface area contributed by atoms with Gasteiger partial charge in [-0.25, -0.2) is 4.98 Å². The van der Waals surface area contributed by atoms with Crippen molar-refractivity contribution in [3.63, 3.8) is 0 Å². The number of hydrogen-bond donors (Lipinski definition) is 3. The first-order valence-electron chi connectivity index (χ1n) is 4.46. The van der Waals surface area contributed by atoms with Crippen molar-refractivity contribution in [1.82, 2.24) is 4.98 Å². The van der Waals surface area contributed by atoms with E-state index in [-0.39, 0.29) is 11.5 Å². The predicted molar refractivity (Wildman–Crippen MR) is 63.1 cm³/mol. The second-order valence-corrected chi connectivity index (χ2v) is 3.84. The highest BCUT2D eigenvalue weighted by atomic mass is 32.1. The number of hydrazone groups is 1. The van der Waals surface area contributed by atoms with Gasteiger partial charge in [-0.1, -0.05) is 0 Å². The summed E-state index contributed by atoms with van der Waals surface area (Å²) in [7, 11) is 0. The Morgan fingerprint density at radius 3 is 2.94 bits per heavy atom. The van der Waals surface area contributed by atoms with E-state index in [9.17, 15) is 5.11 Å². The smallest absolute Gasteiger partial charge is 0.203 e. The van der Waals surface area contributed by atoms with E-state index >= 15 is 0 Å². The van der Waals surface area contributed by atoms with Crippen molar-refractivity contribution in [3.05, 3.63) is 35.3 Å². The second-order valence-electron chi connectivity index (χ2n) is 2.95. The van der Waals surface area contributed by atoms with Crippen LogP contribution in [0.2, 0.25) is 0 Å². The van der Waals surface area contributed by atoms with Gasteiger partial charge in [-0.15, -0.1) is 11.3 Å². The predicted octanol–water partition coefficient (Wildman–Crippen LogP) is 2.00. The van der Waals surface area contributed by atoms with Crippen molar-refractivity contribution in [3.8, 4) is 11.5 Å². The zero-order chi connectivity index (χ0) is 11.4. The molecule has 0 aliphatic carbocycles. The number of nitrogens with one attached hydrogen (secondary N) is 1. The van der Waals surface area contributed by atoms with E-state index in [1.165, 1.54) is 29.7 Å². The number of aromatic nitrogens is 1. The molecule has 0 atom stereocenters. The molecular formula is C10H9N3O2S. The number of anilines is 1. The molecule has 0 fully saturated rings. The molecule has 5 nitrogen and oxygen atoms in total. The Labute approximate surface area is 95.7 Å². The number of benzene rings is 1. The monoisotopic (exact) mass is 235 g/mol. The number of aromatic hydroxyl groups is 2. The molecule has 0 spiro atoms. The Kier molecular flexibility index (Phi) is 3.02. The molecule has 16 heavy (non-hydrogen) atoms. The highest BCUT2D eigenvalue weighted by molar-refractivity contribution is 7.13. The van der Waals surface area contributed by atoms with Gasteiger partial charge in [0.05, 0.1) is 6.21 Å². The van der Waals surface area contributed by atoms with Crippen molar-refractivity contribution in [2.24, 2.45) is 5.10 Å². The average molecular weight is 235 g/mol. The van der Waals surface area contributed by atoms with Crippen LogP contribution in [0.25, 0.3) is 0 Å². The summed E-state index contributed by atoms with van der Waals surface area (Å²) in [4.78, 5) is 3.98. The summed E-state index contributed by atoms with van der Waals surface area (Å²) in [6, 6.07) is 4.30. The van der Waals surface area contributed by atoms with Crippen LogP contribution >= 0.6 is 11.3 Å². The molecule has 82 valence electrons. The minimum atomic E-state index is -0.0234. The summed E-state index contributed by atoms with van der Waals surface area (Å²) in [5, 5.41) is 25.0. The average Bonchev–Trinajstić information content (AvgIpc) is 2.74. The fourth-order valence-corrected chi connectivity index (χ4v) is 1.55. The molecule has 0 saturated heterocycles. The van der Waals surface area contributed by atoms with Gasteiger partial charge in [-0.2, -0.15) is 5.10 Å². The van der Waals surface area contributed by atoms with Crippen LogP contribution in [0.5, 0.6) is 11.5 Å². The van der Waals surface area contributed by atoms with Crippen LogP contribution in [0.4, 0.5) is 5.13 Å². The first-order valence-corrected chi connectivity index (χ1v) is 5.34. The van der Waals surface area contributed by atoms with Gasteiger partial charge in [0.2, 0.25) is 5.13 Å². The van der Waals surface area contributed by atoms with Crippen LogP contribution in [0.3, 0.4) is 0 Å². The Morgan fingerprint density at radius 1 is 1.38 bits per heavy atom. The van der Waals surface area contributed by atoms with Crippen molar-refractivity contribution in [2.75, 3.05) is 5.43 Å². The van der Waals surface area contributed by atoms with E-state index in [1.54, 1.807) is 12.3 Å². The largest absolute Gasteiger partial charge is 0.508 e. The zero-order valence-electron chi connectivity index (χ0n) is 8.16. The highest BCUT2D eigenvalue weighted by Crippen LogP contribution is 2.20. The zero-order valence-corrected chi connectivity index (χ0v) is 8.98. The fraction of sp³-hybridized carbons (Fsp3) is 0. The van der Waals surface area contributed by atoms with Gasteiger partial charge < -0.3 is 10.2 Å². The highest BCUT2D eigenvalue weighted by Gasteiger charge is 1.98. The molecule has 2 rings (SSSR count). The van der Waals surface area contributed by atoms with E-state index in [4.69, 9.17) is 5.11 Å². The Balaban J connectivity index is 2.06. The molecule has 1 heterocycles. The minimum Gasteiger partial charge on any atom is -0.508 e. The van der Waals surface area contributed by atoms with E-state index in [1.807, 2.05) is 5.38 Å². The molecule has 1 aromatic carbocycles. The van der Waals surface area contributed by atoms with Crippen molar-refractivity contribution in [1.29, 1.82) is 0 Å². The molecule has 0 bridgehead atoms. The lowest BCUT2D eigenvalue weighted by Gasteiger charge is -1.99. The number of phenolic OH excluding ortho intramolecular Hbond substituents is 2. The van der Waals surface area contributed by atoms with E-state index in [2.05, 4.69) is 15.5 Å². The summed E-state index contributed by atoms with van der Waals surface area (Å²) in [5.41, 5.74) is 3.23. The molecule has 0 amide bonds. The van der Waals surface area contributed by atoms with Gasteiger partial charge in [0.15, 0.2) is 0 Å². The molecule has 2 aromatic rings. The standard InChI is InChI=1S/C10H9N3O2S/c14-8-2-1-7(9(15)5-8)6-12-13-10-11-3-4-16-10/h1-6,14-15H,(H,11,13)/b12-6-. The third-order valence-corrected chi connectivity index (χ3v) is 2.49. The number of phenols is 2. The van der Waals surface area contributed by atoms with Crippen molar-refractivity contribution in [2.45, 2.75) is 0 Å². The van der Waals surface area contributed by atoms with Gasteiger partial charge >= 0.3 is 0 Å². The summed E-state index contributed by atoms with van der Waals surface area (Å²) in [6.45, 7) is 0. The normalized spacial score (nSPS) is 10.8. The molecular weight excluding hydrogens is 226 g/mol. The van der Waals surface area contributed by atoms with Crippen LogP contribution in [-0.2, 0) is 0 Å². The third kappa shape index (κ3) is 2.48. The lowest BCUT2D eigenvalue weighted by Crippen LogP contribution is -1.89. The van der Waals surface area contributed by atoms with E-state index < -0.39 is 0 Å². The van der Waals surface area contributed by atoms with Crippen LogP contribution in [0.1, 0.15) is 5.56 Å². The third-order valence-electron chi connectivity index (χ3n) is 1.81. The molecule has 0 unspecified atom stereocenters. The molecule has 3 N–H and O–H groups in total. The first kappa shape index (κ1) is 10.4. The van der Waals surface area contributed by atoms with Crippen LogP contribution < -0.4 is 5.43 Å². The van der Waals surface area contributed by atoms with Crippen molar-refractivity contribution < 1.29 is 10.2 Å². The maximum atomic E-state index is 9.46. The summed E-state index contributed by atoms with van der Waals surface area (Å²) in [5.74, 6) is -0.00720. The van der Waals surface area contributed by atoms with Crippen LogP contribution in [0, 0.1) is 0 Å². The van der Waals surface area contributed by atoms with E-state index in [0.717, 1.165) is 0 Å². The Bertz CT molecular complexity index is 497. The Morgan fingerprint density at radius 2 is 2.25 bits per heavy atom. The Hall–Kier alpha value is -2.08. The SMILES string of the molecule is Oc1ccc(/C=N\Nc2nccs2)c(O)c1.